The van der Waals surface area contributed by atoms with Crippen molar-refractivity contribution in [3.63, 3.8) is 0 Å². The maximum absolute atomic E-state index is 13.9. The Bertz CT molecular complexity index is 1300. The van der Waals surface area contributed by atoms with Crippen molar-refractivity contribution in [2.24, 2.45) is 5.10 Å². The van der Waals surface area contributed by atoms with Gasteiger partial charge in [0.15, 0.2) is 5.76 Å². The zero-order valence-corrected chi connectivity index (χ0v) is 17.6. The van der Waals surface area contributed by atoms with Crippen molar-refractivity contribution in [3.05, 3.63) is 92.7 Å². The van der Waals surface area contributed by atoms with Crippen LogP contribution in [0.5, 0.6) is 0 Å². The van der Waals surface area contributed by atoms with Crippen LogP contribution in [0.25, 0.3) is 0 Å². The Morgan fingerprint density at radius 3 is 2.67 bits per heavy atom. The Morgan fingerprint density at radius 2 is 1.91 bits per heavy atom. The van der Waals surface area contributed by atoms with Gasteiger partial charge in [0.25, 0.3) is 17.5 Å². The fourth-order valence-electron chi connectivity index (χ4n) is 3.68. The van der Waals surface area contributed by atoms with Gasteiger partial charge in [0.2, 0.25) is 0 Å². The van der Waals surface area contributed by atoms with Gasteiger partial charge >= 0.3 is 0 Å². The van der Waals surface area contributed by atoms with E-state index in [9.17, 15) is 24.1 Å². The minimum Gasteiger partial charge on any atom is -0.455 e. The summed E-state index contributed by atoms with van der Waals surface area (Å²) in [5.41, 5.74) is 4.04. The summed E-state index contributed by atoms with van der Waals surface area (Å²) in [6, 6.07) is 11.1. The molecule has 0 atom stereocenters. The minimum atomic E-state index is -0.600. The molecule has 0 spiro atoms. The summed E-state index contributed by atoms with van der Waals surface area (Å²) >= 11 is 0. The average molecular weight is 450 g/mol. The summed E-state index contributed by atoms with van der Waals surface area (Å²) in [4.78, 5) is 35.5. The number of para-hydroxylation sites is 1. The van der Waals surface area contributed by atoms with Crippen molar-refractivity contribution in [2.75, 3.05) is 5.32 Å². The molecule has 2 amide bonds. The van der Waals surface area contributed by atoms with E-state index in [0.717, 1.165) is 6.07 Å². The smallest absolute Gasteiger partial charge is 0.291 e. The molecule has 2 N–H and O–H groups in total. The van der Waals surface area contributed by atoms with E-state index in [1.165, 1.54) is 36.4 Å². The molecule has 9 nitrogen and oxygen atoms in total. The van der Waals surface area contributed by atoms with Crippen LogP contribution in [0.3, 0.4) is 0 Å². The van der Waals surface area contributed by atoms with Gasteiger partial charge in [-0.15, -0.1) is 0 Å². The first-order chi connectivity index (χ1) is 15.8. The van der Waals surface area contributed by atoms with Crippen molar-refractivity contribution in [1.82, 2.24) is 5.43 Å². The molecular weight excluding hydrogens is 431 g/mol. The number of anilines is 1. The molecule has 1 aliphatic carbocycles. The predicted octanol–water partition coefficient (Wildman–Crippen LogP) is 4.36. The number of rotatable bonds is 5. The van der Waals surface area contributed by atoms with Gasteiger partial charge in [-0.2, -0.15) is 5.10 Å². The van der Waals surface area contributed by atoms with E-state index in [0.29, 0.717) is 41.9 Å². The van der Waals surface area contributed by atoms with Crippen LogP contribution in [0.15, 0.2) is 58.0 Å². The van der Waals surface area contributed by atoms with Crippen LogP contribution in [0.4, 0.5) is 15.8 Å². The van der Waals surface area contributed by atoms with E-state index in [-0.39, 0.29) is 22.7 Å². The molecular formula is C23H19FN4O5. The number of carbonyl (C=O) groups excluding carboxylic acids is 2. The van der Waals surface area contributed by atoms with E-state index in [2.05, 4.69) is 15.8 Å². The number of nitro benzene ring substituents is 1. The first kappa shape index (κ1) is 21.9. The zero-order chi connectivity index (χ0) is 23.5. The summed E-state index contributed by atoms with van der Waals surface area (Å²) in [5, 5.41) is 17.6. The number of benzene rings is 2. The summed E-state index contributed by atoms with van der Waals surface area (Å²) < 4.78 is 19.7. The standard InChI is InChI=1S/C23H19FN4O5/c1-13-20-18(26-27-22(29)14-6-4-7-15(12-14)28(31)32)10-5-11-19(20)33-21(13)23(30)25-17-9-3-2-8-16(17)24/h2-4,6-9,12H,5,10-11H2,1H3,(H,25,30)(H,27,29)/b26-18+. The first-order valence-electron chi connectivity index (χ1n) is 10.1. The number of aryl methyl sites for hydroxylation is 1. The Morgan fingerprint density at radius 1 is 1.12 bits per heavy atom. The highest BCUT2D eigenvalue weighted by Crippen LogP contribution is 2.30. The van der Waals surface area contributed by atoms with Crippen molar-refractivity contribution >= 4 is 28.9 Å². The lowest BCUT2D eigenvalue weighted by Gasteiger charge is -2.13. The van der Waals surface area contributed by atoms with Crippen LogP contribution < -0.4 is 10.7 Å². The Hall–Kier alpha value is -4.34. The number of amides is 2. The summed E-state index contributed by atoms with van der Waals surface area (Å²) in [5.74, 6) is -1.15. The fraction of sp³-hybridized carbons (Fsp3) is 0.174. The highest BCUT2D eigenvalue weighted by Gasteiger charge is 2.28. The van der Waals surface area contributed by atoms with Crippen molar-refractivity contribution < 1.29 is 23.3 Å². The number of halogens is 1. The molecule has 2 aromatic carbocycles. The largest absolute Gasteiger partial charge is 0.455 e. The van der Waals surface area contributed by atoms with E-state index in [1.54, 1.807) is 13.0 Å². The van der Waals surface area contributed by atoms with Gasteiger partial charge in [-0.3, -0.25) is 19.7 Å². The third kappa shape index (κ3) is 4.49. The number of nitrogens with zero attached hydrogens (tertiary/aromatic N) is 2. The van der Waals surface area contributed by atoms with Crippen molar-refractivity contribution in [3.8, 4) is 0 Å². The molecule has 168 valence electrons. The van der Waals surface area contributed by atoms with Gasteiger partial charge in [0.05, 0.1) is 16.3 Å². The maximum atomic E-state index is 13.9. The van der Waals surface area contributed by atoms with Gasteiger partial charge in [0.1, 0.15) is 11.6 Å². The number of hydrazone groups is 1. The van der Waals surface area contributed by atoms with Gasteiger partial charge in [-0.1, -0.05) is 18.2 Å². The lowest BCUT2D eigenvalue weighted by molar-refractivity contribution is -0.384. The number of non-ortho nitro benzene ring substituents is 1. The number of carbonyl (C=O) groups is 2. The third-order valence-electron chi connectivity index (χ3n) is 5.27. The van der Waals surface area contributed by atoms with Gasteiger partial charge in [-0.05, 0) is 38.0 Å². The minimum absolute atomic E-state index is 0.0365. The number of hydrogen-bond donors (Lipinski definition) is 2. The van der Waals surface area contributed by atoms with Crippen LogP contribution in [0.2, 0.25) is 0 Å². The van der Waals surface area contributed by atoms with E-state index in [4.69, 9.17) is 4.42 Å². The normalized spacial score (nSPS) is 13.9. The maximum Gasteiger partial charge on any atom is 0.291 e. The van der Waals surface area contributed by atoms with Gasteiger partial charge in [0, 0.05) is 35.2 Å². The number of nitro groups is 1. The van der Waals surface area contributed by atoms with E-state index < -0.39 is 22.6 Å². The number of nitrogens with one attached hydrogen (secondary N) is 2. The Kier molecular flexibility index (Phi) is 5.99. The lowest BCUT2D eigenvalue weighted by Crippen LogP contribution is -2.22. The second-order valence-electron chi connectivity index (χ2n) is 7.45. The first-order valence-corrected chi connectivity index (χ1v) is 10.1. The number of hydrogen-bond acceptors (Lipinski definition) is 6. The van der Waals surface area contributed by atoms with Crippen LogP contribution in [0, 0.1) is 22.9 Å². The second kappa shape index (κ2) is 9.03. The molecule has 0 bridgehead atoms. The number of fused-ring (bicyclic) bond motifs is 1. The molecule has 10 heteroatoms. The molecule has 4 rings (SSSR count). The molecule has 0 aliphatic heterocycles. The van der Waals surface area contributed by atoms with Crippen LogP contribution in [0.1, 0.15) is 50.6 Å². The van der Waals surface area contributed by atoms with Crippen LogP contribution in [-0.4, -0.2) is 22.4 Å². The topological polar surface area (TPSA) is 127 Å². The molecule has 0 radical (unpaired) electrons. The summed E-state index contributed by atoms with van der Waals surface area (Å²) in [6.45, 7) is 1.70. The van der Waals surface area contributed by atoms with Gasteiger partial charge < -0.3 is 9.73 Å². The average Bonchev–Trinajstić information content (AvgIpc) is 3.16. The quantitative estimate of drug-likeness (QED) is 0.441. The summed E-state index contributed by atoms with van der Waals surface area (Å²) in [7, 11) is 0. The Labute approximate surface area is 187 Å². The van der Waals surface area contributed by atoms with Crippen molar-refractivity contribution in [2.45, 2.75) is 26.2 Å². The van der Waals surface area contributed by atoms with E-state index in [1.807, 2.05) is 0 Å². The monoisotopic (exact) mass is 450 g/mol. The molecule has 1 aliphatic rings. The van der Waals surface area contributed by atoms with E-state index >= 15 is 0 Å². The molecule has 3 aromatic rings. The fourth-order valence-corrected chi connectivity index (χ4v) is 3.68. The molecule has 0 saturated carbocycles. The molecule has 1 aromatic heterocycles. The SMILES string of the molecule is Cc1c(C(=O)Nc2ccccc2F)oc2c1/C(=N/NC(=O)c1cccc([N+](=O)[O-])c1)CCC2. The van der Waals surface area contributed by atoms with Gasteiger partial charge in [-0.25, -0.2) is 9.82 Å². The van der Waals surface area contributed by atoms with Crippen LogP contribution >= 0.6 is 0 Å². The molecule has 0 unspecified atom stereocenters. The summed E-state index contributed by atoms with van der Waals surface area (Å²) in [6.07, 6.45) is 1.82. The predicted molar refractivity (Wildman–Crippen MR) is 118 cm³/mol. The highest BCUT2D eigenvalue weighted by atomic mass is 19.1. The molecule has 0 saturated heterocycles. The zero-order valence-electron chi connectivity index (χ0n) is 17.6. The molecule has 0 fully saturated rings. The third-order valence-corrected chi connectivity index (χ3v) is 5.27. The Balaban J connectivity index is 1.57. The molecule has 1 heterocycles. The van der Waals surface area contributed by atoms with Crippen molar-refractivity contribution in [1.29, 1.82) is 0 Å². The second-order valence-corrected chi connectivity index (χ2v) is 7.45. The lowest BCUT2D eigenvalue weighted by atomic mass is 9.93. The highest BCUT2D eigenvalue weighted by molar-refractivity contribution is 6.09. The van der Waals surface area contributed by atoms with Crippen LogP contribution in [-0.2, 0) is 6.42 Å². The number of furan rings is 1. The molecule has 33 heavy (non-hydrogen) atoms.